The molecule has 2 aromatic heterocycles. The van der Waals surface area contributed by atoms with Crippen molar-refractivity contribution >= 4 is 22.8 Å². The Hall–Kier alpha value is -2.11. The average Bonchev–Trinajstić information content (AvgIpc) is 2.70. The van der Waals surface area contributed by atoms with E-state index in [0.29, 0.717) is 0 Å². The van der Waals surface area contributed by atoms with E-state index in [9.17, 15) is 4.79 Å². The molecule has 94 valence electrons. The van der Waals surface area contributed by atoms with Gasteiger partial charge in [0.15, 0.2) is 0 Å². The fourth-order valence-electron chi connectivity index (χ4n) is 2.34. The van der Waals surface area contributed by atoms with Crippen LogP contribution in [-0.4, -0.2) is 40.6 Å². The minimum Gasteiger partial charge on any atom is -0.359 e. The van der Waals surface area contributed by atoms with Crippen molar-refractivity contribution in [1.29, 1.82) is 0 Å². The Balaban J connectivity index is 1.87. The van der Waals surface area contributed by atoms with Crippen LogP contribution in [0.3, 0.4) is 0 Å². The van der Waals surface area contributed by atoms with Crippen molar-refractivity contribution in [1.82, 2.24) is 19.9 Å². The molecule has 3 rings (SSSR count). The van der Waals surface area contributed by atoms with E-state index in [4.69, 9.17) is 0 Å². The quantitative estimate of drug-likeness (QED) is 0.818. The molecule has 0 aliphatic carbocycles. The van der Waals surface area contributed by atoms with Crippen LogP contribution in [0.5, 0.6) is 0 Å². The van der Waals surface area contributed by atoms with E-state index in [0.717, 1.165) is 29.9 Å². The number of hydrogen-bond donors (Lipinski definition) is 1. The van der Waals surface area contributed by atoms with Gasteiger partial charge in [-0.15, -0.1) is 0 Å². The van der Waals surface area contributed by atoms with Crippen molar-refractivity contribution in [3.63, 3.8) is 0 Å². The molecule has 0 bridgehead atoms. The first kappa shape index (κ1) is 11.0. The second-order valence-corrected chi connectivity index (χ2v) is 4.58. The third kappa shape index (κ3) is 1.53. The van der Waals surface area contributed by atoms with Crippen molar-refractivity contribution < 1.29 is 4.79 Å². The number of fused-ring (bicyclic) bond motifs is 1. The van der Waals surface area contributed by atoms with Gasteiger partial charge in [0.05, 0.1) is 11.3 Å². The monoisotopic (exact) mass is 245 g/mol. The molecule has 0 saturated carbocycles. The maximum absolute atomic E-state index is 11.5. The lowest BCUT2D eigenvalue weighted by atomic mass is 9.99. The van der Waals surface area contributed by atoms with Crippen molar-refractivity contribution in [3.8, 4) is 0 Å². The minimum absolute atomic E-state index is 0.0729. The molecule has 0 spiro atoms. The van der Waals surface area contributed by atoms with Crippen LogP contribution in [0.4, 0.5) is 5.82 Å². The van der Waals surface area contributed by atoms with Gasteiger partial charge in [-0.05, 0) is 6.07 Å². The fraction of sp³-hybridized carbons (Fsp3) is 0.417. The average molecular weight is 245 g/mol. The minimum atomic E-state index is 0.0729. The predicted molar refractivity (Wildman–Crippen MR) is 68.3 cm³/mol. The number of hydrogen-bond acceptors (Lipinski definition) is 4. The van der Waals surface area contributed by atoms with E-state index in [1.165, 1.54) is 0 Å². The molecular formula is C12H15N5O. The van der Waals surface area contributed by atoms with Gasteiger partial charge in [0.25, 0.3) is 0 Å². The molecule has 0 aromatic carbocycles. The zero-order chi connectivity index (χ0) is 12.7. The van der Waals surface area contributed by atoms with E-state index >= 15 is 0 Å². The second-order valence-electron chi connectivity index (χ2n) is 4.58. The van der Waals surface area contributed by atoms with Crippen molar-refractivity contribution in [2.24, 2.45) is 13.0 Å². The Morgan fingerprint density at radius 3 is 2.94 bits per heavy atom. The van der Waals surface area contributed by atoms with Gasteiger partial charge in [0.2, 0.25) is 5.91 Å². The first-order chi connectivity index (χ1) is 8.70. The van der Waals surface area contributed by atoms with E-state index in [-0.39, 0.29) is 11.8 Å². The lowest BCUT2D eigenvalue weighted by Crippen LogP contribution is -2.53. The Labute approximate surface area is 105 Å². The number of anilines is 1. The highest BCUT2D eigenvalue weighted by atomic mass is 16.1. The molecule has 1 N–H and O–H groups in total. The highest BCUT2D eigenvalue weighted by Crippen LogP contribution is 2.29. The number of aromatic nitrogens is 3. The van der Waals surface area contributed by atoms with Crippen molar-refractivity contribution in [2.75, 3.05) is 25.0 Å². The highest BCUT2D eigenvalue weighted by molar-refractivity contribution is 5.90. The molecule has 1 fully saturated rings. The van der Waals surface area contributed by atoms with Gasteiger partial charge < -0.3 is 14.8 Å². The standard InChI is InChI=1S/C12H15N5O/c1-13-12(18)8-5-17(6-8)11-9-3-4-16(2)10(9)14-7-15-11/h3-4,7-8H,5-6H2,1-2H3,(H,13,18). The largest absolute Gasteiger partial charge is 0.359 e. The van der Waals surface area contributed by atoms with E-state index in [1.807, 2.05) is 23.9 Å². The maximum Gasteiger partial charge on any atom is 0.226 e. The molecule has 0 radical (unpaired) electrons. The summed E-state index contributed by atoms with van der Waals surface area (Å²) in [6, 6.07) is 2.01. The summed E-state index contributed by atoms with van der Waals surface area (Å²) >= 11 is 0. The lowest BCUT2D eigenvalue weighted by Gasteiger charge is -2.39. The van der Waals surface area contributed by atoms with Gasteiger partial charge in [-0.25, -0.2) is 9.97 Å². The molecule has 6 heteroatoms. The zero-order valence-corrected chi connectivity index (χ0v) is 10.4. The van der Waals surface area contributed by atoms with Crippen LogP contribution in [0.25, 0.3) is 11.0 Å². The summed E-state index contributed by atoms with van der Waals surface area (Å²) in [7, 11) is 3.63. The Morgan fingerprint density at radius 1 is 1.44 bits per heavy atom. The summed E-state index contributed by atoms with van der Waals surface area (Å²) in [4.78, 5) is 22.2. The fourth-order valence-corrected chi connectivity index (χ4v) is 2.34. The first-order valence-electron chi connectivity index (χ1n) is 5.93. The number of rotatable bonds is 2. The van der Waals surface area contributed by atoms with Crippen LogP contribution < -0.4 is 10.2 Å². The Bertz CT molecular complexity index is 600. The molecule has 1 aliphatic heterocycles. The normalized spacial score (nSPS) is 15.8. The third-order valence-electron chi connectivity index (χ3n) is 3.44. The maximum atomic E-state index is 11.5. The number of carbonyl (C=O) groups is 1. The van der Waals surface area contributed by atoms with Crippen LogP contribution >= 0.6 is 0 Å². The SMILES string of the molecule is CNC(=O)C1CN(c2ncnc3c2ccn3C)C1. The Morgan fingerprint density at radius 2 is 2.22 bits per heavy atom. The summed E-state index contributed by atoms with van der Waals surface area (Å²) in [6.07, 6.45) is 3.55. The summed E-state index contributed by atoms with van der Waals surface area (Å²) < 4.78 is 1.97. The molecule has 1 aliphatic rings. The number of aryl methyl sites for hydroxylation is 1. The van der Waals surface area contributed by atoms with Gasteiger partial charge in [-0.3, -0.25) is 4.79 Å². The molecular weight excluding hydrogens is 230 g/mol. The summed E-state index contributed by atoms with van der Waals surface area (Å²) in [5.41, 5.74) is 0.920. The second kappa shape index (κ2) is 3.97. The molecule has 2 aromatic rings. The molecule has 0 atom stereocenters. The molecule has 6 nitrogen and oxygen atoms in total. The topological polar surface area (TPSA) is 63.1 Å². The van der Waals surface area contributed by atoms with Gasteiger partial charge >= 0.3 is 0 Å². The van der Waals surface area contributed by atoms with Gasteiger partial charge in [-0.2, -0.15) is 0 Å². The summed E-state index contributed by atoms with van der Waals surface area (Å²) in [6.45, 7) is 1.45. The number of amides is 1. The van der Waals surface area contributed by atoms with Crippen LogP contribution in [-0.2, 0) is 11.8 Å². The van der Waals surface area contributed by atoms with Gasteiger partial charge in [-0.1, -0.05) is 0 Å². The van der Waals surface area contributed by atoms with Crippen LogP contribution in [0.15, 0.2) is 18.6 Å². The van der Waals surface area contributed by atoms with Crippen molar-refractivity contribution in [2.45, 2.75) is 0 Å². The molecule has 0 unspecified atom stereocenters. The number of nitrogens with one attached hydrogen (secondary N) is 1. The smallest absolute Gasteiger partial charge is 0.226 e. The first-order valence-corrected chi connectivity index (χ1v) is 5.93. The zero-order valence-electron chi connectivity index (χ0n) is 10.4. The van der Waals surface area contributed by atoms with Crippen LogP contribution in [0.2, 0.25) is 0 Å². The molecule has 1 saturated heterocycles. The number of carbonyl (C=O) groups excluding carboxylic acids is 1. The highest BCUT2D eigenvalue weighted by Gasteiger charge is 2.33. The summed E-state index contributed by atoms with van der Waals surface area (Å²) in [5.74, 6) is 1.09. The molecule has 18 heavy (non-hydrogen) atoms. The Kier molecular flexibility index (Phi) is 2.43. The predicted octanol–water partition coefficient (Wildman–Crippen LogP) is 0.150. The molecule has 3 heterocycles. The van der Waals surface area contributed by atoms with Gasteiger partial charge in [0.1, 0.15) is 17.8 Å². The third-order valence-corrected chi connectivity index (χ3v) is 3.44. The molecule has 1 amide bonds. The number of nitrogens with zero attached hydrogens (tertiary/aromatic N) is 4. The van der Waals surface area contributed by atoms with Crippen LogP contribution in [0, 0.1) is 5.92 Å². The van der Waals surface area contributed by atoms with Crippen LogP contribution in [0.1, 0.15) is 0 Å². The lowest BCUT2D eigenvalue weighted by molar-refractivity contribution is -0.125. The van der Waals surface area contributed by atoms with E-state index in [1.54, 1.807) is 13.4 Å². The van der Waals surface area contributed by atoms with Gasteiger partial charge in [0, 0.05) is 33.4 Å². The van der Waals surface area contributed by atoms with E-state index in [2.05, 4.69) is 20.2 Å². The van der Waals surface area contributed by atoms with E-state index < -0.39 is 0 Å². The van der Waals surface area contributed by atoms with Crippen molar-refractivity contribution in [3.05, 3.63) is 18.6 Å². The summed E-state index contributed by atoms with van der Waals surface area (Å²) in [5, 5.41) is 3.72.